The molecule has 0 saturated heterocycles. The van der Waals surface area contributed by atoms with E-state index in [1.807, 2.05) is 41.5 Å². The van der Waals surface area contributed by atoms with Crippen LogP contribution < -0.4 is 13.6 Å². The first-order valence-corrected chi connectivity index (χ1v) is 13.4. The summed E-state index contributed by atoms with van der Waals surface area (Å²) in [5.41, 5.74) is 9.61. The van der Waals surface area contributed by atoms with Crippen molar-refractivity contribution in [3.63, 3.8) is 0 Å². The average molecular weight is 469 g/mol. The van der Waals surface area contributed by atoms with E-state index in [0.717, 1.165) is 50.6 Å². The molecule has 170 valence electrons. The molecule has 32 heavy (non-hydrogen) atoms. The second-order valence-electron chi connectivity index (χ2n) is 8.90. The van der Waals surface area contributed by atoms with Gasteiger partial charge in [-0.25, -0.2) is 0 Å². The highest BCUT2D eigenvalue weighted by Gasteiger charge is 2.31. The van der Waals surface area contributed by atoms with Crippen LogP contribution >= 0.6 is 6.72 Å². The molecule has 0 atom stereocenters. The van der Waals surface area contributed by atoms with Crippen molar-refractivity contribution in [2.75, 3.05) is 0 Å². The van der Waals surface area contributed by atoms with Crippen molar-refractivity contribution < 1.29 is 13.6 Å². The fraction of sp³-hybridized carbons (Fsp3) is 0.333. The molecule has 0 saturated carbocycles. The minimum absolute atomic E-state index is 0.726. The lowest BCUT2D eigenvalue weighted by molar-refractivity contribution is 0.377. The van der Waals surface area contributed by atoms with Gasteiger partial charge in [-0.1, -0.05) is 53.1 Å². The van der Waals surface area contributed by atoms with Gasteiger partial charge in [-0.15, -0.1) is 0 Å². The zero-order valence-electron chi connectivity index (χ0n) is 20.5. The highest BCUT2D eigenvalue weighted by molar-refractivity contribution is 8.08. The molecule has 3 aromatic rings. The summed E-state index contributed by atoms with van der Waals surface area (Å²) in [4.78, 5) is 0. The zero-order valence-corrected chi connectivity index (χ0v) is 22.3. The molecule has 0 spiro atoms. The zero-order chi connectivity index (χ0) is 23.8. The van der Waals surface area contributed by atoms with Gasteiger partial charge in [0.05, 0.1) is 0 Å². The topological polar surface area (TPSA) is 27.7 Å². The Hall–Kier alpha value is -2.29. The molecule has 0 fully saturated rings. The van der Waals surface area contributed by atoms with Gasteiger partial charge in [0.25, 0.3) is 0 Å². The van der Waals surface area contributed by atoms with Crippen molar-refractivity contribution in [3.8, 4) is 17.2 Å². The average Bonchev–Trinajstić information content (AvgIpc) is 2.64. The van der Waals surface area contributed by atoms with Crippen molar-refractivity contribution >= 4 is 18.5 Å². The summed E-state index contributed by atoms with van der Waals surface area (Å²) in [6.45, 7) is 15.1. The molecule has 0 heterocycles. The monoisotopic (exact) mass is 468 g/mol. The fourth-order valence-corrected chi connectivity index (χ4v) is 6.64. The van der Waals surface area contributed by atoms with E-state index >= 15 is 0 Å². The quantitative estimate of drug-likeness (QED) is 0.341. The van der Waals surface area contributed by atoms with E-state index in [4.69, 9.17) is 25.4 Å². The molecular formula is C27H33O3PS. The van der Waals surface area contributed by atoms with Crippen LogP contribution in [-0.4, -0.2) is 0 Å². The first-order valence-electron chi connectivity index (χ1n) is 10.8. The molecule has 0 aliphatic carbocycles. The number of hydrogen-bond donors (Lipinski definition) is 0. The second kappa shape index (κ2) is 9.29. The summed E-state index contributed by atoms with van der Waals surface area (Å²) < 4.78 is 19.5. The minimum Gasteiger partial charge on any atom is -0.407 e. The summed E-state index contributed by atoms with van der Waals surface area (Å²) in [5, 5.41) is 0. The third-order valence-electron chi connectivity index (χ3n) is 5.42. The lowest BCUT2D eigenvalue weighted by atomic mass is 10.1. The van der Waals surface area contributed by atoms with Crippen LogP contribution in [0.15, 0.2) is 36.4 Å². The summed E-state index contributed by atoms with van der Waals surface area (Å²) in [5.74, 6) is 2.18. The Bertz CT molecular complexity index is 1010. The van der Waals surface area contributed by atoms with E-state index in [1.54, 1.807) is 0 Å². The maximum atomic E-state index is 6.49. The Morgan fingerprint density at radius 3 is 0.812 bits per heavy atom. The summed E-state index contributed by atoms with van der Waals surface area (Å²) in [6, 6.07) is 12.5. The van der Waals surface area contributed by atoms with E-state index in [-0.39, 0.29) is 0 Å². The molecule has 0 N–H and O–H groups in total. The molecule has 3 rings (SSSR count). The Morgan fingerprint density at radius 2 is 0.625 bits per heavy atom. The molecule has 3 nitrogen and oxygen atoms in total. The SMILES string of the molecule is Cc1cc(C)c(OP(=S)(Oc2c(C)cc(C)cc2C)Oc2c(C)cc(C)cc2C)c(C)c1. The highest BCUT2D eigenvalue weighted by Crippen LogP contribution is 2.53. The Balaban J connectivity index is 2.12. The van der Waals surface area contributed by atoms with E-state index in [2.05, 4.69) is 57.2 Å². The lowest BCUT2D eigenvalue weighted by Gasteiger charge is -2.28. The molecule has 0 radical (unpaired) electrons. The van der Waals surface area contributed by atoms with Crippen LogP contribution in [0.5, 0.6) is 17.2 Å². The van der Waals surface area contributed by atoms with Crippen LogP contribution in [-0.2, 0) is 11.8 Å². The van der Waals surface area contributed by atoms with Crippen LogP contribution in [0, 0.1) is 62.3 Å². The van der Waals surface area contributed by atoms with Gasteiger partial charge in [-0.05, 0) is 95.7 Å². The smallest absolute Gasteiger partial charge is 0.407 e. The van der Waals surface area contributed by atoms with Crippen LogP contribution in [0.25, 0.3) is 0 Å². The van der Waals surface area contributed by atoms with Gasteiger partial charge in [0.1, 0.15) is 17.2 Å². The van der Waals surface area contributed by atoms with E-state index < -0.39 is 6.72 Å². The molecule has 0 amide bonds. The van der Waals surface area contributed by atoms with Crippen LogP contribution in [0.3, 0.4) is 0 Å². The Labute approximate surface area is 198 Å². The first kappa shape index (κ1) is 24.4. The number of rotatable bonds is 6. The Morgan fingerprint density at radius 1 is 0.438 bits per heavy atom. The molecule has 5 heteroatoms. The predicted molar refractivity (Wildman–Crippen MR) is 138 cm³/mol. The van der Waals surface area contributed by atoms with E-state index in [9.17, 15) is 0 Å². The third-order valence-corrected chi connectivity index (χ3v) is 7.31. The van der Waals surface area contributed by atoms with Crippen molar-refractivity contribution in [2.24, 2.45) is 0 Å². The largest absolute Gasteiger partial charge is 0.490 e. The fourth-order valence-electron chi connectivity index (χ4n) is 4.32. The van der Waals surface area contributed by atoms with Crippen molar-refractivity contribution in [2.45, 2.75) is 62.3 Å². The molecule has 0 aromatic heterocycles. The maximum Gasteiger partial charge on any atom is 0.490 e. The molecular weight excluding hydrogens is 435 g/mol. The lowest BCUT2D eigenvalue weighted by Crippen LogP contribution is -2.11. The molecule has 0 aliphatic heterocycles. The molecule has 0 bridgehead atoms. The van der Waals surface area contributed by atoms with Crippen LogP contribution in [0.2, 0.25) is 0 Å². The standard InChI is InChI=1S/C27H33O3PS/c1-16-10-19(4)25(20(5)11-16)28-31(32,29-26-21(6)12-17(2)13-22(26)7)30-27-23(8)14-18(3)15-24(27)9/h10-15H,1-9H3. The van der Waals surface area contributed by atoms with Crippen molar-refractivity contribution in [1.29, 1.82) is 0 Å². The van der Waals surface area contributed by atoms with E-state index in [1.165, 1.54) is 16.7 Å². The number of benzene rings is 3. The van der Waals surface area contributed by atoms with E-state index in [0.29, 0.717) is 0 Å². The number of aryl methyl sites for hydroxylation is 9. The van der Waals surface area contributed by atoms with Crippen molar-refractivity contribution in [1.82, 2.24) is 0 Å². The molecule has 0 aliphatic rings. The maximum absolute atomic E-state index is 6.49. The van der Waals surface area contributed by atoms with Gasteiger partial charge in [0, 0.05) is 11.8 Å². The Kier molecular flexibility index (Phi) is 7.07. The normalized spacial score (nSPS) is 11.4. The minimum atomic E-state index is -3.26. The van der Waals surface area contributed by atoms with Gasteiger partial charge < -0.3 is 13.6 Å². The second-order valence-corrected chi connectivity index (χ2v) is 11.7. The van der Waals surface area contributed by atoms with Gasteiger partial charge in [-0.2, -0.15) is 0 Å². The van der Waals surface area contributed by atoms with Gasteiger partial charge in [0.2, 0.25) is 0 Å². The summed E-state index contributed by atoms with van der Waals surface area (Å²) in [6.07, 6.45) is 0. The molecule has 0 unspecified atom stereocenters. The predicted octanol–water partition coefficient (Wildman–Crippen LogP) is 8.22. The first-order chi connectivity index (χ1) is 14.9. The van der Waals surface area contributed by atoms with Gasteiger partial charge in [0.15, 0.2) is 0 Å². The van der Waals surface area contributed by atoms with Gasteiger partial charge >= 0.3 is 6.72 Å². The van der Waals surface area contributed by atoms with Crippen molar-refractivity contribution in [3.05, 3.63) is 86.5 Å². The molecule has 3 aromatic carbocycles. The third kappa shape index (κ3) is 5.36. The number of hydrogen-bond acceptors (Lipinski definition) is 4. The summed E-state index contributed by atoms with van der Waals surface area (Å²) in [7, 11) is 0. The van der Waals surface area contributed by atoms with Gasteiger partial charge in [-0.3, -0.25) is 0 Å². The highest BCUT2D eigenvalue weighted by atomic mass is 32.5. The van der Waals surface area contributed by atoms with Crippen LogP contribution in [0.4, 0.5) is 0 Å². The van der Waals surface area contributed by atoms with Crippen LogP contribution in [0.1, 0.15) is 50.1 Å². The summed E-state index contributed by atoms with van der Waals surface area (Å²) >= 11 is 6.05.